The monoisotopic (exact) mass is 521 g/mol. The minimum atomic E-state index is -0.161. The SMILES string of the molecule is CCOc1ccccc1Cn1c(SCC(=O)c2ccc(Cl)cc2)nc2c(sc3ncccc32)c1=O. The molecule has 5 aromatic rings. The number of para-hydroxylation sites is 1. The van der Waals surface area contributed by atoms with Crippen molar-refractivity contribution in [1.82, 2.24) is 14.5 Å². The smallest absolute Gasteiger partial charge is 0.272 e. The highest BCUT2D eigenvalue weighted by Crippen LogP contribution is 2.31. The van der Waals surface area contributed by atoms with E-state index in [1.54, 1.807) is 35.0 Å². The summed E-state index contributed by atoms with van der Waals surface area (Å²) in [7, 11) is 0. The molecule has 0 atom stereocenters. The molecule has 2 aromatic carbocycles. The molecule has 0 saturated heterocycles. The molecule has 0 aliphatic heterocycles. The summed E-state index contributed by atoms with van der Waals surface area (Å²) in [5.41, 5.74) is 1.87. The number of rotatable bonds is 8. The Morgan fingerprint density at radius 2 is 1.91 bits per heavy atom. The quantitative estimate of drug-likeness (QED) is 0.140. The minimum absolute atomic E-state index is 0.0703. The number of carbonyl (C=O) groups is 1. The first-order valence-corrected chi connectivity index (χ1v) is 13.1. The van der Waals surface area contributed by atoms with E-state index >= 15 is 0 Å². The summed E-state index contributed by atoms with van der Waals surface area (Å²) in [4.78, 5) is 36.6. The number of nitrogens with zero attached hydrogens (tertiary/aromatic N) is 3. The molecule has 0 radical (unpaired) electrons. The van der Waals surface area contributed by atoms with Gasteiger partial charge in [0.05, 0.1) is 24.4 Å². The average molecular weight is 522 g/mol. The van der Waals surface area contributed by atoms with Crippen molar-refractivity contribution in [3.05, 3.63) is 93.4 Å². The van der Waals surface area contributed by atoms with E-state index in [2.05, 4.69) is 4.98 Å². The Hall–Kier alpha value is -3.20. The number of pyridine rings is 1. The van der Waals surface area contributed by atoms with Gasteiger partial charge in [-0.3, -0.25) is 14.2 Å². The fraction of sp³-hybridized carbons (Fsp3) is 0.154. The largest absolute Gasteiger partial charge is 0.494 e. The molecule has 0 N–H and O–H groups in total. The summed E-state index contributed by atoms with van der Waals surface area (Å²) in [5.74, 6) is 0.778. The van der Waals surface area contributed by atoms with Crippen molar-refractivity contribution in [2.75, 3.05) is 12.4 Å². The number of aromatic nitrogens is 3. The van der Waals surface area contributed by atoms with Crippen molar-refractivity contribution in [2.45, 2.75) is 18.6 Å². The van der Waals surface area contributed by atoms with Crippen LogP contribution in [0, 0.1) is 0 Å². The van der Waals surface area contributed by atoms with E-state index in [0.29, 0.717) is 38.3 Å². The van der Waals surface area contributed by atoms with Crippen LogP contribution in [-0.2, 0) is 6.54 Å². The molecule has 35 heavy (non-hydrogen) atoms. The third-order valence-corrected chi connectivity index (χ3v) is 7.74. The minimum Gasteiger partial charge on any atom is -0.494 e. The van der Waals surface area contributed by atoms with Crippen LogP contribution in [0.15, 0.2) is 76.8 Å². The van der Waals surface area contributed by atoms with E-state index in [9.17, 15) is 9.59 Å². The summed E-state index contributed by atoms with van der Waals surface area (Å²) in [6.45, 7) is 2.71. The van der Waals surface area contributed by atoms with Gasteiger partial charge in [-0.1, -0.05) is 41.6 Å². The third kappa shape index (κ3) is 4.82. The number of thioether (sulfide) groups is 1. The van der Waals surface area contributed by atoms with Gasteiger partial charge in [0.25, 0.3) is 5.56 Å². The van der Waals surface area contributed by atoms with Crippen LogP contribution in [0.3, 0.4) is 0 Å². The van der Waals surface area contributed by atoms with Crippen molar-refractivity contribution in [1.29, 1.82) is 0 Å². The highest BCUT2D eigenvalue weighted by Gasteiger charge is 2.19. The standard InChI is InChI=1S/C26H20ClN3O3S2/c1-2-33-21-8-4-3-6-17(21)14-30-25(32)23-22(19-7-5-13-28-24(19)35-23)29-26(30)34-15-20(31)16-9-11-18(27)12-10-16/h3-13H,2,14-15H2,1H3. The van der Waals surface area contributed by atoms with Crippen molar-refractivity contribution in [3.63, 3.8) is 0 Å². The number of hydrogen-bond donors (Lipinski definition) is 0. The van der Waals surface area contributed by atoms with Crippen molar-refractivity contribution in [2.24, 2.45) is 0 Å². The third-order valence-electron chi connectivity index (χ3n) is 5.42. The van der Waals surface area contributed by atoms with Gasteiger partial charge < -0.3 is 4.74 Å². The van der Waals surface area contributed by atoms with Gasteiger partial charge in [0, 0.05) is 27.7 Å². The second kappa shape index (κ2) is 10.2. The number of thiophene rings is 1. The number of ether oxygens (including phenoxy) is 1. The van der Waals surface area contributed by atoms with Crippen LogP contribution in [0.4, 0.5) is 0 Å². The fourth-order valence-electron chi connectivity index (χ4n) is 3.74. The van der Waals surface area contributed by atoms with Gasteiger partial charge in [-0.2, -0.15) is 0 Å². The number of carbonyl (C=O) groups excluding carboxylic acids is 1. The van der Waals surface area contributed by atoms with Crippen LogP contribution in [0.25, 0.3) is 20.4 Å². The van der Waals surface area contributed by atoms with Crippen LogP contribution in [0.2, 0.25) is 5.02 Å². The topological polar surface area (TPSA) is 74.1 Å². The van der Waals surface area contributed by atoms with Crippen LogP contribution in [0.5, 0.6) is 5.75 Å². The lowest BCUT2D eigenvalue weighted by molar-refractivity contribution is 0.102. The van der Waals surface area contributed by atoms with Gasteiger partial charge in [0.1, 0.15) is 15.3 Å². The first-order chi connectivity index (χ1) is 17.0. The van der Waals surface area contributed by atoms with E-state index < -0.39 is 0 Å². The molecule has 0 aliphatic carbocycles. The second-order valence-electron chi connectivity index (χ2n) is 7.68. The van der Waals surface area contributed by atoms with Crippen molar-refractivity contribution in [3.8, 4) is 5.75 Å². The number of fused-ring (bicyclic) bond motifs is 3. The maximum atomic E-state index is 13.7. The molecular weight excluding hydrogens is 502 g/mol. The molecule has 0 unspecified atom stereocenters. The van der Waals surface area contributed by atoms with Gasteiger partial charge in [-0.25, -0.2) is 9.97 Å². The van der Waals surface area contributed by atoms with Gasteiger partial charge in [0.15, 0.2) is 10.9 Å². The molecule has 3 aromatic heterocycles. The van der Waals surface area contributed by atoms with Gasteiger partial charge in [0.2, 0.25) is 0 Å². The molecule has 0 fully saturated rings. The zero-order valence-electron chi connectivity index (χ0n) is 18.7. The van der Waals surface area contributed by atoms with Crippen LogP contribution in [0.1, 0.15) is 22.8 Å². The first-order valence-electron chi connectivity index (χ1n) is 11.0. The summed E-state index contributed by atoms with van der Waals surface area (Å²) < 4.78 is 7.94. The normalized spacial score (nSPS) is 11.3. The van der Waals surface area contributed by atoms with E-state index in [1.165, 1.54) is 23.1 Å². The molecule has 6 nitrogen and oxygen atoms in total. The summed E-state index contributed by atoms with van der Waals surface area (Å²) in [6, 6.07) is 18.1. The van der Waals surface area contributed by atoms with Gasteiger partial charge in [-0.15, -0.1) is 11.3 Å². The Balaban J connectivity index is 1.58. The fourth-order valence-corrected chi connectivity index (χ4v) is 5.78. The molecule has 9 heteroatoms. The lowest BCUT2D eigenvalue weighted by Crippen LogP contribution is -2.24. The molecule has 0 amide bonds. The molecule has 0 aliphatic rings. The number of halogens is 1. The Morgan fingerprint density at radius 1 is 1.11 bits per heavy atom. The lowest BCUT2D eigenvalue weighted by Gasteiger charge is -2.15. The van der Waals surface area contributed by atoms with Gasteiger partial charge in [-0.05, 0) is 49.4 Å². The van der Waals surface area contributed by atoms with Crippen LogP contribution < -0.4 is 10.3 Å². The number of hydrogen-bond acceptors (Lipinski definition) is 7. The van der Waals surface area contributed by atoms with E-state index in [0.717, 1.165) is 15.8 Å². The van der Waals surface area contributed by atoms with Crippen molar-refractivity contribution < 1.29 is 9.53 Å². The summed E-state index contributed by atoms with van der Waals surface area (Å²) >= 11 is 8.53. The van der Waals surface area contributed by atoms with Gasteiger partial charge >= 0.3 is 0 Å². The molecule has 0 bridgehead atoms. The summed E-state index contributed by atoms with van der Waals surface area (Å²) in [6.07, 6.45) is 1.70. The summed E-state index contributed by atoms with van der Waals surface area (Å²) in [5, 5.41) is 1.87. The Bertz CT molecular complexity index is 1600. The maximum Gasteiger partial charge on any atom is 0.272 e. The Morgan fingerprint density at radius 3 is 2.71 bits per heavy atom. The number of benzene rings is 2. The molecular formula is C26H20ClN3O3S2. The molecule has 3 heterocycles. The molecule has 0 saturated carbocycles. The van der Waals surface area contributed by atoms with Crippen molar-refractivity contribution >= 4 is 60.9 Å². The number of Topliss-reactive ketones (excluding diaryl/α,β-unsaturated/α-hetero) is 1. The second-order valence-corrected chi connectivity index (χ2v) is 10.1. The molecule has 5 rings (SSSR count). The predicted molar refractivity (Wildman–Crippen MR) is 142 cm³/mol. The predicted octanol–water partition coefficient (Wildman–Crippen LogP) is 6.08. The molecule has 176 valence electrons. The Kier molecular flexibility index (Phi) is 6.86. The zero-order valence-corrected chi connectivity index (χ0v) is 21.1. The highest BCUT2D eigenvalue weighted by atomic mass is 35.5. The first kappa shape index (κ1) is 23.5. The average Bonchev–Trinajstić information content (AvgIpc) is 3.25. The van der Waals surface area contributed by atoms with E-state index in [1.807, 2.05) is 43.3 Å². The maximum absolute atomic E-state index is 13.7. The Labute approximate surface area is 214 Å². The number of ketones is 1. The molecule has 0 spiro atoms. The van der Waals surface area contributed by atoms with Crippen LogP contribution in [-0.4, -0.2) is 32.7 Å². The zero-order chi connectivity index (χ0) is 24.4. The van der Waals surface area contributed by atoms with E-state index in [-0.39, 0.29) is 23.6 Å². The van der Waals surface area contributed by atoms with E-state index in [4.69, 9.17) is 21.3 Å². The lowest BCUT2D eigenvalue weighted by atomic mass is 10.1. The van der Waals surface area contributed by atoms with Crippen LogP contribution >= 0.6 is 34.7 Å². The highest BCUT2D eigenvalue weighted by molar-refractivity contribution is 7.99.